The van der Waals surface area contributed by atoms with Crippen LogP contribution in [0.5, 0.6) is 5.75 Å². The Kier molecular flexibility index (Phi) is 4.98. The molecule has 0 atom stereocenters. The highest BCUT2D eigenvalue weighted by molar-refractivity contribution is 8.00. The standard InChI is InChI=1S/C12H15N3OS2/c1-9-14-12(18-15-9)17-7-6-16-11-5-3-2-4-10(11)8-13/h2-5H,6-8,13H2,1H3. The Labute approximate surface area is 115 Å². The molecular weight excluding hydrogens is 266 g/mol. The van der Waals surface area contributed by atoms with Crippen LogP contribution in [0.15, 0.2) is 28.6 Å². The number of thioether (sulfide) groups is 1. The maximum atomic E-state index is 5.71. The van der Waals surface area contributed by atoms with E-state index in [1.807, 2.05) is 31.2 Å². The Balaban J connectivity index is 1.78. The molecule has 4 nitrogen and oxygen atoms in total. The summed E-state index contributed by atoms with van der Waals surface area (Å²) in [5.41, 5.74) is 6.68. The van der Waals surface area contributed by atoms with Gasteiger partial charge in [-0.25, -0.2) is 4.98 Å². The first-order chi connectivity index (χ1) is 8.79. The lowest BCUT2D eigenvalue weighted by Crippen LogP contribution is -2.05. The third-order valence-corrected chi connectivity index (χ3v) is 4.16. The summed E-state index contributed by atoms with van der Waals surface area (Å²) < 4.78 is 10.8. The highest BCUT2D eigenvalue weighted by Gasteiger charge is 2.03. The lowest BCUT2D eigenvalue weighted by Gasteiger charge is -2.09. The van der Waals surface area contributed by atoms with E-state index >= 15 is 0 Å². The lowest BCUT2D eigenvalue weighted by molar-refractivity contribution is 0.340. The molecule has 0 aliphatic rings. The number of ether oxygens (including phenoxy) is 1. The molecule has 1 heterocycles. The van der Waals surface area contributed by atoms with Crippen molar-refractivity contribution in [2.24, 2.45) is 5.73 Å². The van der Waals surface area contributed by atoms with Gasteiger partial charge < -0.3 is 10.5 Å². The van der Waals surface area contributed by atoms with Crippen molar-refractivity contribution in [3.8, 4) is 5.75 Å². The van der Waals surface area contributed by atoms with Crippen LogP contribution in [0.4, 0.5) is 0 Å². The van der Waals surface area contributed by atoms with Crippen LogP contribution < -0.4 is 10.5 Å². The second-order valence-corrected chi connectivity index (χ2v) is 5.71. The number of para-hydroxylation sites is 1. The Morgan fingerprint density at radius 2 is 2.22 bits per heavy atom. The summed E-state index contributed by atoms with van der Waals surface area (Å²) in [6, 6.07) is 7.85. The van der Waals surface area contributed by atoms with E-state index in [9.17, 15) is 0 Å². The minimum Gasteiger partial charge on any atom is -0.492 e. The van der Waals surface area contributed by atoms with Gasteiger partial charge in [0.2, 0.25) is 0 Å². The summed E-state index contributed by atoms with van der Waals surface area (Å²) in [5, 5.41) is 0. The van der Waals surface area contributed by atoms with Crippen LogP contribution in [0.2, 0.25) is 0 Å². The Hall–Kier alpha value is -1.11. The van der Waals surface area contributed by atoms with Crippen LogP contribution >= 0.6 is 23.3 Å². The zero-order chi connectivity index (χ0) is 12.8. The van der Waals surface area contributed by atoms with Crippen LogP contribution in [0.25, 0.3) is 0 Å². The van der Waals surface area contributed by atoms with Gasteiger partial charge in [-0.1, -0.05) is 30.0 Å². The second kappa shape index (κ2) is 6.72. The molecule has 2 aromatic rings. The molecule has 0 unspecified atom stereocenters. The number of rotatable bonds is 6. The molecule has 1 aromatic heterocycles. The summed E-state index contributed by atoms with van der Waals surface area (Å²) in [5.74, 6) is 2.55. The largest absolute Gasteiger partial charge is 0.492 e. The number of benzene rings is 1. The Bertz CT molecular complexity index is 502. The minimum atomic E-state index is 0.499. The van der Waals surface area contributed by atoms with E-state index in [1.165, 1.54) is 11.5 Å². The number of aryl methyl sites for hydroxylation is 1. The predicted octanol–water partition coefficient (Wildman–Crippen LogP) is 2.48. The minimum absolute atomic E-state index is 0.499. The van der Waals surface area contributed by atoms with Gasteiger partial charge in [0.25, 0.3) is 0 Å². The van der Waals surface area contributed by atoms with Gasteiger partial charge >= 0.3 is 0 Å². The fraction of sp³-hybridized carbons (Fsp3) is 0.333. The first-order valence-electron chi connectivity index (χ1n) is 5.63. The molecule has 0 fully saturated rings. The van der Waals surface area contributed by atoms with Gasteiger partial charge in [0.1, 0.15) is 11.6 Å². The van der Waals surface area contributed by atoms with Crippen molar-refractivity contribution < 1.29 is 4.74 Å². The molecule has 0 spiro atoms. The average Bonchev–Trinajstić information content (AvgIpc) is 2.81. The topological polar surface area (TPSA) is 61.0 Å². The molecule has 0 aliphatic heterocycles. The van der Waals surface area contributed by atoms with Crippen molar-refractivity contribution in [3.05, 3.63) is 35.7 Å². The van der Waals surface area contributed by atoms with Gasteiger partial charge in [0.15, 0.2) is 4.34 Å². The molecule has 2 rings (SSSR count). The van der Waals surface area contributed by atoms with E-state index in [1.54, 1.807) is 11.8 Å². The summed E-state index contributed by atoms with van der Waals surface area (Å²) in [6.45, 7) is 3.04. The molecule has 2 N–H and O–H groups in total. The quantitative estimate of drug-likeness (QED) is 0.651. The molecule has 0 saturated carbocycles. The lowest BCUT2D eigenvalue weighted by atomic mass is 10.2. The van der Waals surface area contributed by atoms with Crippen molar-refractivity contribution >= 4 is 23.3 Å². The molecule has 1 aromatic carbocycles. The third kappa shape index (κ3) is 3.69. The number of nitrogens with two attached hydrogens (primary N) is 1. The summed E-state index contributed by atoms with van der Waals surface area (Å²) in [6.07, 6.45) is 0. The fourth-order valence-electron chi connectivity index (χ4n) is 1.43. The number of nitrogens with zero attached hydrogens (tertiary/aromatic N) is 2. The third-order valence-electron chi connectivity index (χ3n) is 2.27. The van der Waals surface area contributed by atoms with Gasteiger partial charge in [0, 0.05) is 17.9 Å². The van der Waals surface area contributed by atoms with E-state index in [2.05, 4.69) is 9.36 Å². The maximum absolute atomic E-state index is 5.71. The zero-order valence-corrected chi connectivity index (χ0v) is 11.8. The van der Waals surface area contributed by atoms with Gasteiger partial charge in [-0.05, 0) is 24.5 Å². The molecule has 0 radical (unpaired) electrons. The molecule has 96 valence electrons. The van der Waals surface area contributed by atoms with Crippen molar-refractivity contribution in [1.82, 2.24) is 9.36 Å². The van der Waals surface area contributed by atoms with Crippen molar-refractivity contribution in [3.63, 3.8) is 0 Å². The fourth-order valence-corrected chi connectivity index (χ4v) is 2.97. The molecule has 0 amide bonds. The SMILES string of the molecule is Cc1nsc(SCCOc2ccccc2CN)n1. The van der Waals surface area contributed by atoms with Crippen molar-refractivity contribution in [2.75, 3.05) is 12.4 Å². The second-order valence-electron chi connectivity index (χ2n) is 3.62. The van der Waals surface area contributed by atoms with E-state index < -0.39 is 0 Å². The average molecular weight is 281 g/mol. The van der Waals surface area contributed by atoms with Crippen LogP contribution in [-0.2, 0) is 6.54 Å². The highest BCUT2D eigenvalue weighted by atomic mass is 32.2. The Morgan fingerprint density at radius 1 is 1.39 bits per heavy atom. The monoisotopic (exact) mass is 281 g/mol. The van der Waals surface area contributed by atoms with Gasteiger partial charge in [-0.15, -0.1) is 0 Å². The molecule has 0 saturated heterocycles. The maximum Gasteiger partial charge on any atom is 0.170 e. The first kappa shape index (κ1) is 13.3. The number of hydrogen-bond donors (Lipinski definition) is 1. The van der Waals surface area contributed by atoms with Crippen LogP contribution in [0.3, 0.4) is 0 Å². The summed E-state index contributed by atoms with van der Waals surface area (Å²) >= 11 is 3.09. The Morgan fingerprint density at radius 3 is 2.94 bits per heavy atom. The van der Waals surface area contributed by atoms with Gasteiger partial charge in [0.05, 0.1) is 6.61 Å². The first-order valence-corrected chi connectivity index (χ1v) is 7.39. The van der Waals surface area contributed by atoms with Crippen molar-refractivity contribution in [1.29, 1.82) is 0 Å². The zero-order valence-electron chi connectivity index (χ0n) is 10.1. The van der Waals surface area contributed by atoms with Crippen LogP contribution in [0, 0.1) is 6.92 Å². The molecule has 0 bridgehead atoms. The van der Waals surface area contributed by atoms with Crippen LogP contribution in [0.1, 0.15) is 11.4 Å². The molecular formula is C12H15N3OS2. The summed E-state index contributed by atoms with van der Waals surface area (Å²) in [4.78, 5) is 4.28. The molecule has 18 heavy (non-hydrogen) atoms. The predicted molar refractivity (Wildman–Crippen MR) is 75.2 cm³/mol. The van der Waals surface area contributed by atoms with Crippen molar-refractivity contribution in [2.45, 2.75) is 17.8 Å². The molecule has 6 heteroatoms. The summed E-state index contributed by atoms with van der Waals surface area (Å²) in [7, 11) is 0. The van der Waals surface area contributed by atoms with Crippen LogP contribution in [-0.4, -0.2) is 21.7 Å². The smallest absolute Gasteiger partial charge is 0.170 e. The molecule has 0 aliphatic carbocycles. The number of hydrogen-bond acceptors (Lipinski definition) is 6. The van der Waals surface area contributed by atoms with E-state index in [-0.39, 0.29) is 0 Å². The number of aromatic nitrogens is 2. The van der Waals surface area contributed by atoms with Gasteiger partial charge in [-0.2, -0.15) is 4.37 Å². The van der Waals surface area contributed by atoms with Gasteiger partial charge in [-0.3, -0.25) is 0 Å². The normalized spacial score (nSPS) is 10.6. The van der Waals surface area contributed by atoms with E-state index in [0.29, 0.717) is 13.2 Å². The van der Waals surface area contributed by atoms with E-state index in [4.69, 9.17) is 10.5 Å². The highest BCUT2D eigenvalue weighted by Crippen LogP contribution is 2.21. The van der Waals surface area contributed by atoms with E-state index in [0.717, 1.165) is 27.2 Å².